The fourth-order valence-electron chi connectivity index (χ4n) is 3.20. The normalized spacial score (nSPS) is 12.6. The van der Waals surface area contributed by atoms with Crippen molar-refractivity contribution in [3.8, 4) is 17.1 Å². The smallest absolute Gasteiger partial charge is 0.224 e. The van der Waals surface area contributed by atoms with Crippen LogP contribution in [0.25, 0.3) is 23.4 Å². The zero-order valence-corrected chi connectivity index (χ0v) is 16.3. The molecule has 0 spiro atoms. The maximum Gasteiger partial charge on any atom is 0.224 e. The molecule has 0 atom stereocenters. The SMILES string of the molecule is COc1ccc(-c2ccc3c(n2)C=Cc2cc(Cl)ccc2N(C(C)=O)C3)cn1. The molecular formula is C22H18ClN3O2. The molecule has 0 fully saturated rings. The van der Waals surface area contributed by atoms with Gasteiger partial charge in [0.2, 0.25) is 11.8 Å². The van der Waals surface area contributed by atoms with Gasteiger partial charge >= 0.3 is 0 Å². The van der Waals surface area contributed by atoms with Gasteiger partial charge in [-0.2, -0.15) is 0 Å². The first-order chi connectivity index (χ1) is 13.5. The second-order valence-corrected chi connectivity index (χ2v) is 6.91. The molecule has 0 radical (unpaired) electrons. The highest BCUT2D eigenvalue weighted by Crippen LogP contribution is 2.31. The monoisotopic (exact) mass is 391 g/mol. The van der Waals surface area contributed by atoms with Crippen molar-refractivity contribution >= 4 is 35.3 Å². The number of hydrogen-bond acceptors (Lipinski definition) is 4. The number of hydrogen-bond donors (Lipinski definition) is 0. The lowest BCUT2D eigenvalue weighted by Gasteiger charge is -2.26. The molecule has 6 heteroatoms. The van der Waals surface area contributed by atoms with Gasteiger partial charge in [0, 0.05) is 29.8 Å². The average Bonchev–Trinajstić information content (AvgIpc) is 2.69. The van der Waals surface area contributed by atoms with E-state index in [-0.39, 0.29) is 5.91 Å². The molecule has 1 aliphatic rings. The molecule has 3 aromatic rings. The second-order valence-electron chi connectivity index (χ2n) is 6.47. The zero-order valence-electron chi connectivity index (χ0n) is 15.5. The molecule has 0 saturated heterocycles. The number of methoxy groups -OCH3 is 1. The van der Waals surface area contributed by atoms with E-state index in [1.165, 1.54) is 0 Å². The summed E-state index contributed by atoms with van der Waals surface area (Å²) in [5, 5.41) is 0.624. The van der Waals surface area contributed by atoms with Crippen LogP contribution in [0.2, 0.25) is 5.02 Å². The van der Waals surface area contributed by atoms with Gasteiger partial charge in [-0.3, -0.25) is 4.79 Å². The van der Waals surface area contributed by atoms with Crippen molar-refractivity contribution in [1.82, 2.24) is 9.97 Å². The zero-order chi connectivity index (χ0) is 19.7. The molecule has 28 heavy (non-hydrogen) atoms. The van der Waals surface area contributed by atoms with Gasteiger partial charge in [-0.15, -0.1) is 0 Å². The van der Waals surface area contributed by atoms with Crippen molar-refractivity contribution in [2.75, 3.05) is 12.0 Å². The summed E-state index contributed by atoms with van der Waals surface area (Å²) >= 11 is 6.16. The topological polar surface area (TPSA) is 55.3 Å². The minimum atomic E-state index is -0.0340. The number of fused-ring (bicyclic) bond motifs is 2. The van der Waals surface area contributed by atoms with Crippen molar-refractivity contribution in [2.45, 2.75) is 13.5 Å². The predicted molar refractivity (Wildman–Crippen MR) is 111 cm³/mol. The van der Waals surface area contributed by atoms with Crippen LogP contribution >= 0.6 is 11.6 Å². The maximum absolute atomic E-state index is 12.3. The van der Waals surface area contributed by atoms with Crippen LogP contribution in [-0.2, 0) is 11.3 Å². The standard InChI is InChI=1S/C22H18ClN3O2/c1-14(27)26-13-17-4-8-19(16-5-10-22(28-2)24-12-16)25-20(17)7-3-15-11-18(23)6-9-21(15)26/h3-12H,13H2,1-2H3. The lowest BCUT2D eigenvalue weighted by atomic mass is 10.0. The Labute approximate surface area is 168 Å². The van der Waals surface area contributed by atoms with Crippen LogP contribution in [0.5, 0.6) is 5.88 Å². The van der Waals surface area contributed by atoms with Crippen molar-refractivity contribution in [3.63, 3.8) is 0 Å². The van der Waals surface area contributed by atoms with Gasteiger partial charge in [-0.05, 0) is 47.5 Å². The summed E-state index contributed by atoms with van der Waals surface area (Å²) < 4.78 is 5.11. The van der Waals surface area contributed by atoms with Crippen LogP contribution in [0, 0.1) is 0 Å². The second kappa shape index (κ2) is 7.44. The van der Waals surface area contributed by atoms with Gasteiger partial charge in [0.25, 0.3) is 0 Å². The summed E-state index contributed by atoms with van der Waals surface area (Å²) in [5.74, 6) is 0.522. The van der Waals surface area contributed by atoms with E-state index in [2.05, 4.69) is 4.98 Å². The molecule has 0 N–H and O–H groups in total. The molecule has 140 valence electrons. The third-order valence-corrected chi connectivity index (χ3v) is 4.90. The fraction of sp³-hybridized carbons (Fsp3) is 0.136. The van der Waals surface area contributed by atoms with Crippen LogP contribution in [0.4, 0.5) is 5.69 Å². The van der Waals surface area contributed by atoms with Crippen LogP contribution in [0.1, 0.15) is 23.7 Å². The Morgan fingerprint density at radius 2 is 2.00 bits per heavy atom. The van der Waals surface area contributed by atoms with Gasteiger partial charge in [0.1, 0.15) is 0 Å². The number of carbonyl (C=O) groups excluding carboxylic acids is 1. The number of carbonyl (C=O) groups is 1. The fourth-order valence-corrected chi connectivity index (χ4v) is 3.39. The van der Waals surface area contributed by atoms with E-state index in [0.29, 0.717) is 17.4 Å². The van der Waals surface area contributed by atoms with Gasteiger partial charge in [-0.1, -0.05) is 23.7 Å². The van der Waals surface area contributed by atoms with E-state index >= 15 is 0 Å². The number of anilines is 1. The first kappa shape index (κ1) is 18.2. The number of benzene rings is 1. The molecule has 4 rings (SSSR count). The summed E-state index contributed by atoms with van der Waals surface area (Å²) in [6.45, 7) is 2.01. The Morgan fingerprint density at radius 1 is 1.14 bits per heavy atom. The van der Waals surface area contributed by atoms with Gasteiger partial charge in [0.05, 0.1) is 30.7 Å². The van der Waals surface area contributed by atoms with E-state index in [0.717, 1.165) is 33.8 Å². The number of aromatic nitrogens is 2. The largest absolute Gasteiger partial charge is 0.481 e. The Bertz CT molecular complexity index is 1080. The van der Waals surface area contributed by atoms with Crippen molar-refractivity contribution < 1.29 is 9.53 Å². The number of nitrogens with zero attached hydrogens (tertiary/aromatic N) is 3. The number of halogens is 1. The van der Waals surface area contributed by atoms with Crippen LogP contribution in [-0.4, -0.2) is 23.0 Å². The third kappa shape index (κ3) is 3.49. The minimum absolute atomic E-state index is 0.0340. The Morgan fingerprint density at radius 3 is 2.71 bits per heavy atom. The minimum Gasteiger partial charge on any atom is -0.481 e. The van der Waals surface area contributed by atoms with Crippen molar-refractivity contribution in [1.29, 1.82) is 0 Å². The molecule has 0 unspecified atom stereocenters. The van der Waals surface area contributed by atoms with Crippen LogP contribution in [0.15, 0.2) is 48.7 Å². The molecular weight excluding hydrogens is 374 g/mol. The van der Waals surface area contributed by atoms with Gasteiger partial charge in [0.15, 0.2) is 0 Å². The first-order valence-electron chi connectivity index (χ1n) is 8.81. The molecule has 0 bridgehead atoms. The third-order valence-electron chi connectivity index (χ3n) is 4.66. The first-order valence-corrected chi connectivity index (χ1v) is 9.19. The molecule has 1 amide bonds. The summed E-state index contributed by atoms with van der Waals surface area (Å²) in [6.07, 6.45) is 5.64. The molecule has 5 nitrogen and oxygen atoms in total. The molecule has 2 aromatic heterocycles. The van der Waals surface area contributed by atoms with Crippen LogP contribution in [0.3, 0.4) is 0 Å². The van der Waals surface area contributed by atoms with Gasteiger partial charge in [-0.25, -0.2) is 9.97 Å². The Balaban J connectivity index is 1.79. The average molecular weight is 392 g/mol. The summed E-state index contributed by atoms with van der Waals surface area (Å²) in [6, 6.07) is 13.2. The van der Waals surface area contributed by atoms with Crippen molar-refractivity contribution in [2.24, 2.45) is 0 Å². The number of ether oxygens (including phenoxy) is 1. The molecule has 0 saturated carbocycles. The number of pyridine rings is 2. The molecule has 0 aliphatic carbocycles. The molecule has 1 aromatic carbocycles. The highest BCUT2D eigenvalue weighted by molar-refractivity contribution is 6.30. The maximum atomic E-state index is 12.3. The summed E-state index contributed by atoms with van der Waals surface area (Å²) in [7, 11) is 1.58. The molecule has 1 aliphatic heterocycles. The van der Waals surface area contributed by atoms with E-state index < -0.39 is 0 Å². The molecule has 3 heterocycles. The van der Waals surface area contributed by atoms with Gasteiger partial charge < -0.3 is 9.64 Å². The predicted octanol–water partition coefficient (Wildman–Crippen LogP) is 4.84. The highest BCUT2D eigenvalue weighted by Gasteiger charge is 2.19. The lowest BCUT2D eigenvalue weighted by molar-refractivity contribution is -0.116. The quantitative estimate of drug-likeness (QED) is 0.627. The van der Waals surface area contributed by atoms with Crippen LogP contribution < -0.4 is 9.64 Å². The number of rotatable bonds is 2. The van der Waals surface area contributed by atoms with E-state index in [4.69, 9.17) is 21.3 Å². The van der Waals surface area contributed by atoms with E-state index in [9.17, 15) is 4.79 Å². The van der Waals surface area contributed by atoms with E-state index in [1.807, 2.05) is 42.5 Å². The summed E-state index contributed by atoms with van der Waals surface area (Å²) in [4.78, 5) is 23.1. The van der Waals surface area contributed by atoms with Crippen molar-refractivity contribution in [3.05, 3.63) is 70.5 Å². The lowest BCUT2D eigenvalue weighted by Crippen LogP contribution is -2.29. The highest BCUT2D eigenvalue weighted by atomic mass is 35.5. The number of amides is 1. The Hall–Kier alpha value is -3.18. The summed E-state index contributed by atoms with van der Waals surface area (Å²) in [5.41, 5.74) is 5.20. The van der Waals surface area contributed by atoms with E-state index in [1.54, 1.807) is 37.3 Å². The Kier molecular flexibility index (Phi) is 4.84.